The number of aromatic nitrogens is 2. The number of benzene rings is 3. The lowest BCUT2D eigenvalue weighted by Gasteiger charge is -2.13. The topological polar surface area (TPSA) is 61.2 Å². The molecule has 0 aliphatic rings. The minimum Gasteiger partial charge on any atom is -0.457 e. The Morgan fingerprint density at radius 2 is 1.61 bits per heavy atom. The summed E-state index contributed by atoms with van der Waals surface area (Å²) in [6.07, 6.45) is 1.17. The van der Waals surface area contributed by atoms with Gasteiger partial charge in [0.05, 0.1) is 23.8 Å². The summed E-state index contributed by atoms with van der Waals surface area (Å²) in [6.45, 7) is 1.18. The summed E-state index contributed by atoms with van der Waals surface area (Å²) < 4.78 is 48.4. The van der Waals surface area contributed by atoms with Crippen molar-refractivity contribution < 1.29 is 22.7 Å². The Morgan fingerprint density at radius 1 is 0.968 bits per heavy atom. The molecule has 0 amide bonds. The molecule has 4 aromatic rings. The van der Waals surface area contributed by atoms with Gasteiger partial charge in [0.25, 0.3) is 5.56 Å². The van der Waals surface area contributed by atoms with Gasteiger partial charge in [0.2, 0.25) is 0 Å². The molecule has 4 rings (SSSR count). The molecule has 0 saturated carbocycles. The maximum Gasteiger partial charge on any atom is 0.280 e. The van der Waals surface area contributed by atoms with E-state index in [2.05, 4.69) is 4.98 Å². The van der Waals surface area contributed by atoms with Crippen molar-refractivity contribution in [3.8, 4) is 11.5 Å². The Hall–Kier alpha value is -3.94. The first-order valence-electron chi connectivity index (χ1n) is 9.23. The average molecular weight is 424 g/mol. The fraction of sp³-hybridized carbons (Fsp3) is 0.0870. The molecule has 5 nitrogen and oxygen atoms in total. The van der Waals surface area contributed by atoms with Crippen LogP contribution in [0.15, 0.2) is 65.7 Å². The van der Waals surface area contributed by atoms with E-state index in [0.29, 0.717) is 34.7 Å². The molecule has 156 valence electrons. The smallest absolute Gasteiger partial charge is 0.280 e. The van der Waals surface area contributed by atoms with Gasteiger partial charge in [-0.1, -0.05) is 0 Å². The average Bonchev–Trinajstić information content (AvgIpc) is 2.73. The van der Waals surface area contributed by atoms with Gasteiger partial charge in [-0.05, 0) is 49.4 Å². The summed E-state index contributed by atoms with van der Waals surface area (Å²) in [6, 6.07) is 12.3. The lowest BCUT2D eigenvalue weighted by molar-refractivity contribution is 0.101. The van der Waals surface area contributed by atoms with E-state index in [9.17, 15) is 22.8 Å². The lowest BCUT2D eigenvalue weighted by Crippen LogP contribution is -2.14. The molecule has 0 unspecified atom stereocenters. The predicted molar refractivity (Wildman–Crippen MR) is 108 cm³/mol. The molecular formula is C23H15F3N2O3. The van der Waals surface area contributed by atoms with Crippen LogP contribution < -0.4 is 10.3 Å². The van der Waals surface area contributed by atoms with E-state index in [4.69, 9.17) is 4.74 Å². The number of halogens is 3. The van der Waals surface area contributed by atoms with Gasteiger partial charge in [0.15, 0.2) is 5.78 Å². The molecule has 0 aliphatic heterocycles. The van der Waals surface area contributed by atoms with Crippen molar-refractivity contribution in [2.75, 3.05) is 0 Å². The third kappa shape index (κ3) is 4.18. The number of ketones is 1. The number of carbonyl (C=O) groups excluding carboxylic acids is 1. The summed E-state index contributed by atoms with van der Waals surface area (Å²) in [4.78, 5) is 27.4. The summed E-state index contributed by atoms with van der Waals surface area (Å²) in [5, 5.41) is 0.184. The van der Waals surface area contributed by atoms with Crippen LogP contribution >= 0.6 is 0 Å². The highest BCUT2D eigenvalue weighted by Gasteiger charge is 2.14. The molecule has 8 heteroatoms. The maximum absolute atomic E-state index is 14.0. The highest BCUT2D eigenvalue weighted by molar-refractivity contribution is 5.94. The molecule has 0 aliphatic carbocycles. The molecule has 3 aromatic carbocycles. The second-order valence-electron chi connectivity index (χ2n) is 6.89. The van der Waals surface area contributed by atoms with Gasteiger partial charge >= 0.3 is 0 Å². The molecule has 0 atom stereocenters. The number of fused-ring (bicyclic) bond motifs is 1. The molecule has 0 N–H and O–H groups in total. The summed E-state index contributed by atoms with van der Waals surface area (Å²) in [7, 11) is 0. The number of carbonyl (C=O) groups is 1. The number of ether oxygens (including phenoxy) is 1. The van der Waals surface area contributed by atoms with E-state index in [1.165, 1.54) is 23.9 Å². The van der Waals surface area contributed by atoms with Crippen LogP contribution in [0.4, 0.5) is 13.2 Å². The second kappa shape index (κ2) is 8.06. The van der Waals surface area contributed by atoms with Crippen molar-refractivity contribution in [3.63, 3.8) is 0 Å². The Kier molecular flexibility index (Phi) is 5.29. The first kappa shape index (κ1) is 20.3. The van der Waals surface area contributed by atoms with E-state index in [1.54, 1.807) is 36.4 Å². The van der Waals surface area contributed by atoms with Gasteiger partial charge in [0, 0.05) is 23.3 Å². The fourth-order valence-electron chi connectivity index (χ4n) is 3.17. The van der Waals surface area contributed by atoms with Gasteiger partial charge < -0.3 is 9.30 Å². The summed E-state index contributed by atoms with van der Waals surface area (Å²) in [5.41, 5.74) is 0.0309. The van der Waals surface area contributed by atoms with Crippen LogP contribution in [0.3, 0.4) is 0 Å². The number of rotatable bonds is 5. The third-order valence-electron chi connectivity index (χ3n) is 4.75. The zero-order valence-electron chi connectivity index (χ0n) is 16.2. The van der Waals surface area contributed by atoms with Crippen LogP contribution in [0.25, 0.3) is 10.9 Å². The van der Waals surface area contributed by atoms with Crippen LogP contribution in [0.1, 0.15) is 22.8 Å². The van der Waals surface area contributed by atoms with Crippen LogP contribution in [0.5, 0.6) is 11.5 Å². The van der Waals surface area contributed by atoms with Crippen molar-refractivity contribution in [2.24, 2.45) is 0 Å². The molecule has 1 aromatic heterocycles. The largest absolute Gasteiger partial charge is 0.457 e. The molecule has 0 spiro atoms. The van der Waals surface area contributed by atoms with Crippen LogP contribution in [0, 0.1) is 17.5 Å². The molecule has 0 fully saturated rings. The summed E-state index contributed by atoms with van der Waals surface area (Å²) in [5.74, 6) is -2.34. The molecule has 31 heavy (non-hydrogen) atoms. The third-order valence-corrected chi connectivity index (χ3v) is 4.75. The van der Waals surface area contributed by atoms with Crippen molar-refractivity contribution in [1.29, 1.82) is 0 Å². The molecule has 0 saturated heterocycles. The SMILES string of the molecule is CC(=O)c1ccc(Oc2ccc3c(c2)c(=O)ncn3Cc2c(F)cc(F)cc2F)cc1. The van der Waals surface area contributed by atoms with E-state index < -0.39 is 23.0 Å². The number of nitrogens with zero attached hydrogens (tertiary/aromatic N) is 2. The first-order valence-corrected chi connectivity index (χ1v) is 9.23. The normalized spacial score (nSPS) is 11.0. The van der Waals surface area contributed by atoms with Crippen molar-refractivity contribution in [1.82, 2.24) is 9.55 Å². The zero-order valence-corrected chi connectivity index (χ0v) is 16.2. The quantitative estimate of drug-likeness (QED) is 0.430. The predicted octanol–water partition coefficient (Wildman–Crippen LogP) is 4.86. The Labute approximate surface area is 174 Å². The molecular weight excluding hydrogens is 409 g/mol. The number of hydrogen-bond acceptors (Lipinski definition) is 4. The van der Waals surface area contributed by atoms with Crippen LogP contribution in [-0.2, 0) is 6.54 Å². The standard InChI is InChI=1S/C23H15F3N2O3/c1-13(29)14-2-4-16(5-3-14)31-17-6-7-22-18(10-17)23(30)27-12-28(22)11-19-20(25)8-15(24)9-21(19)26/h2-10,12H,11H2,1H3. The van der Waals surface area contributed by atoms with Gasteiger partial charge in [-0.2, -0.15) is 4.98 Å². The second-order valence-corrected chi connectivity index (χ2v) is 6.89. The Balaban J connectivity index is 1.69. The molecule has 1 heterocycles. The first-order chi connectivity index (χ1) is 14.8. The van der Waals surface area contributed by atoms with Crippen molar-refractivity contribution in [2.45, 2.75) is 13.5 Å². The number of Topliss-reactive ketones (excluding diaryl/α,β-unsaturated/α-hetero) is 1. The van der Waals surface area contributed by atoms with Gasteiger partial charge in [-0.3, -0.25) is 9.59 Å². The van der Waals surface area contributed by atoms with Gasteiger partial charge in [0.1, 0.15) is 29.0 Å². The van der Waals surface area contributed by atoms with E-state index in [0.717, 1.165) is 0 Å². The Bertz CT molecular complexity index is 1340. The Morgan fingerprint density at radius 3 is 2.26 bits per heavy atom. The van der Waals surface area contributed by atoms with Crippen molar-refractivity contribution >= 4 is 16.7 Å². The molecule has 0 bridgehead atoms. The maximum atomic E-state index is 14.0. The van der Waals surface area contributed by atoms with Crippen molar-refractivity contribution in [3.05, 3.63) is 99.9 Å². The lowest BCUT2D eigenvalue weighted by atomic mass is 10.1. The van der Waals surface area contributed by atoms with E-state index in [1.807, 2.05) is 0 Å². The highest BCUT2D eigenvalue weighted by atomic mass is 19.1. The van der Waals surface area contributed by atoms with E-state index in [-0.39, 0.29) is 23.3 Å². The van der Waals surface area contributed by atoms with E-state index >= 15 is 0 Å². The minimum atomic E-state index is -1.03. The van der Waals surface area contributed by atoms with Crippen LogP contribution in [0.2, 0.25) is 0 Å². The van der Waals surface area contributed by atoms with Gasteiger partial charge in [-0.25, -0.2) is 13.2 Å². The molecule has 0 radical (unpaired) electrons. The fourth-order valence-corrected chi connectivity index (χ4v) is 3.17. The minimum absolute atomic E-state index is 0.0714. The number of hydrogen-bond donors (Lipinski definition) is 0. The van der Waals surface area contributed by atoms with Crippen LogP contribution in [-0.4, -0.2) is 15.3 Å². The summed E-state index contributed by atoms with van der Waals surface area (Å²) >= 11 is 0. The highest BCUT2D eigenvalue weighted by Crippen LogP contribution is 2.25. The zero-order chi connectivity index (χ0) is 22.1. The monoisotopic (exact) mass is 424 g/mol. The van der Waals surface area contributed by atoms with Gasteiger partial charge in [-0.15, -0.1) is 0 Å².